The minimum atomic E-state index is -4.80. The quantitative estimate of drug-likeness (QED) is 0.509. The highest BCUT2D eigenvalue weighted by molar-refractivity contribution is 6.17. The van der Waals surface area contributed by atoms with Gasteiger partial charge in [0.25, 0.3) is 0 Å². The van der Waals surface area contributed by atoms with E-state index in [1.165, 1.54) is 0 Å². The Morgan fingerprint density at radius 2 is 1.71 bits per heavy atom. The molecule has 0 fully saturated rings. The van der Waals surface area contributed by atoms with Gasteiger partial charge < -0.3 is 0 Å². The summed E-state index contributed by atoms with van der Waals surface area (Å²) in [6, 6.07) is 0.591. The van der Waals surface area contributed by atoms with Crippen molar-refractivity contribution in [1.29, 1.82) is 0 Å². The van der Waals surface area contributed by atoms with Gasteiger partial charge in [0.15, 0.2) is 0 Å². The molecular weight excluding hydrogens is 227 g/mol. The number of alkyl halides is 4. The van der Waals surface area contributed by atoms with Crippen LogP contribution < -0.4 is 0 Å². The second-order valence-corrected chi connectivity index (χ2v) is 2.81. The number of hydrogen-bond acceptors (Lipinski definition) is 0. The van der Waals surface area contributed by atoms with Crippen molar-refractivity contribution in [1.82, 2.24) is 0 Å². The number of benzene rings is 1. The Labute approximate surface area is 81.3 Å². The summed E-state index contributed by atoms with van der Waals surface area (Å²) in [6.07, 6.45) is -4.80. The smallest absolute Gasteiger partial charge is 0.207 e. The normalized spacial score (nSPS) is 11.9. The van der Waals surface area contributed by atoms with Crippen LogP contribution in [0, 0.1) is 11.6 Å². The lowest BCUT2D eigenvalue weighted by molar-refractivity contribution is -0.138. The first-order chi connectivity index (χ1) is 6.36. The highest BCUT2D eigenvalue weighted by atomic mass is 35.5. The molecule has 0 aliphatic heterocycles. The van der Waals surface area contributed by atoms with Crippen LogP contribution in [-0.4, -0.2) is 0 Å². The lowest BCUT2D eigenvalue weighted by Crippen LogP contribution is -2.10. The lowest BCUT2D eigenvalue weighted by atomic mass is 10.1. The summed E-state index contributed by atoms with van der Waals surface area (Å²) in [5.74, 6) is -3.21. The van der Waals surface area contributed by atoms with Crippen LogP contribution in [0.4, 0.5) is 22.0 Å². The van der Waals surface area contributed by atoms with E-state index in [9.17, 15) is 22.0 Å². The molecule has 0 bridgehead atoms. The molecule has 0 atom stereocenters. The zero-order valence-electron chi connectivity index (χ0n) is 6.63. The molecule has 0 radical (unpaired) electrons. The maximum absolute atomic E-state index is 12.8. The van der Waals surface area contributed by atoms with E-state index >= 15 is 0 Å². The van der Waals surface area contributed by atoms with Gasteiger partial charge in [0.05, 0.1) is 11.4 Å². The first-order valence-corrected chi connectivity index (χ1v) is 4.00. The minimum Gasteiger partial charge on any atom is -0.207 e. The SMILES string of the molecule is Fc1cc(F)c(CCl)c(C(F)(F)F)c1. The molecule has 0 saturated heterocycles. The van der Waals surface area contributed by atoms with Crippen molar-refractivity contribution in [2.75, 3.05) is 0 Å². The second-order valence-electron chi connectivity index (χ2n) is 2.55. The largest absolute Gasteiger partial charge is 0.416 e. The molecule has 0 unspecified atom stereocenters. The Morgan fingerprint density at radius 1 is 1.14 bits per heavy atom. The third-order valence-corrected chi connectivity index (χ3v) is 1.87. The van der Waals surface area contributed by atoms with Crippen molar-refractivity contribution >= 4 is 11.6 Å². The van der Waals surface area contributed by atoms with Gasteiger partial charge in [0, 0.05) is 11.6 Å². The molecule has 1 aromatic carbocycles. The summed E-state index contributed by atoms with van der Waals surface area (Å²) in [5.41, 5.74) is -2.11. The molecule has 0 heterocycles. The van der Waals surface area contributed by atoms with E-state index < -0.39 is 34.8 Å². The third kappa shape index (κ3) is 2.15. The molecule has 6 heteroatoms. The summed E-state index contributed by atoms with van der Waals surface area (Å²) in [6.45, 7) is 0. The molecule has 14 heavy (non-hydrogen) atoms. The molecule has 0 aliphatic rings. The van der Waals surface area contributed by atoms with Crippen LogP contribution in [0.5, 0.6) is 0 Å². The number of halogens is 6. The van der Waals surface area contributed by atoms with E-state index in [0.717, 1.165) is 0 Å². The minimum absolute atomic E-state index is 0.223. The molecule has 1 rings (SSSR count). The van der Waals surface area contributed by atoms with E-state index in [1.54, 1.807) is 0 Å². The highest BCUT2D eigenvalue weighted by Crippen LogP contribution is 2.34. The fourth-order valence-corrected chi connectivity index (χ4v) is 1.26. The van der Waals surface area contributed by atoms with Crippen molar-refractivity contribution in [3.05, 3.63) is 34.9 Å². The van der Waals surface area contributed by atoms with Gasteiger partial charge in [-0.05, 0) is 6.07 Å². The molecule has 0 amide bonds. The Bertz CT molecular complexity index is 344. The summed E-state index contributed by atoms with van der Waals surface area (Å²) in [7, 11) is 0. The van der Waals surface area contributed by atoms with Crippen LogP contribution in [0.15, 0.2) is 12.1 Å². The van der Waals surface area contributed by atoms with Crippen LogP contribution in [0.3, 0.4) is 0 Å². The molecular formula is C8H4ClF5. The topological polar surface area (TPSA) is 0 Å². The van der Waals surface area contributed by atoms with Gasteiger partial charge >= 0.3 is 6.18 Å². The second kappa shape index (κ2) is 3.73. The monoisotopic (exact) mass is 230 g/mol. The van der Waals surface area contributed by atoms with Gasteiger partial charge in [0.2, 0.25) is 0 Å². The molecule has 0 aliphatic carbocycles. The predicted molar refractivity (Wildman–Crippen MR) is 40.9 cm³/mol. The zero-order valence-corrected chi connectivity index (χ0v) is 7.39. The highest BCUT2D eigenvalue weighted by Gasteiger charge is 2.35. The maximum Gasteiger partial charge on any atom is 0.416 e. The van der Waals surface area contributed by atoms with Crippen LogP contribution in [0.25, 0.3) is 0 Å². The molecule has 0 aromatic heterocycles. The van der Waals surface area contributed by atoms with Crippen molar-refractivity contribution in [3.8, 4) is 0 Å². The van der Waals surface area contributed by atoms with Crippen LogP contribution in [0.1, 0.15) is 11.1 Å². The summed E-state index contributed by atoms with van der Waals surface area (Å²) < 4.78 is 61.9. The first-order valence-electron chi connectivity index (χ1n) is 3.47. The first kappa shape index (κ1) is 11.2. The van der Waals surface area contributed by atoms with E-state index in [0.29, 0.717) is 6.07 Å². The Balaban J connectivity index is 3.40. The number of hydrogen-bond donors (Lipinski definition) is 0. The van der Waals surface area contributed by atoms with Crippen LogP contribution in [0.2, 0.25) is 0 Å². The Morgan fingerprint density at radius 3 is 2.14 bits per heavy atom. The molecule has 0 nitrogen and oxygen atoms in total. The summed E-state index contributed by atoms with van der Waals surface area (Å²) in [4.78, 5) is 0. The van der Waals surface area contributed by atoms with Crippen molar-refractivity contribution < 1.29 is 22.0 Å². The maximum atomic E-state index is 12.8. The van der Waals surface area contributed by atoms with Crippen LogP contribution in [-0.2, 0) is 12.1 Å². The van der Waals surface area contributed by atoms with Crippen LogP contribution >= 0.6 is 11.6 Å². The molecule has 78 valence electrons. The van der Waals surface area contributed by atoms with E-state index in [-0.39, 0.29) is 6.07 Å². The Kier molecular flexibility index (Phi) is 2.99. The molecule has 0 spiro atoms. The predicted octanol–water partition coefficient (Wildman–Crippen LogP) is 3.72. The van der Waals surface area contributed by atoms with Crippen molar-refractivity contribution in [2.24, 2.45) is 0 Å². The molecule has 0 N–H and O–H groups in total. The van der Waals surface area contributed by atoms with Gasteiger partial charge in [0.1, 0.15) is 11.6 Å². The fraction of sp³-hybridized carbons (Fsp3) is 0.250. The van der Waals surface area contributed by atoms with Crippen molar-refractivity contribution in [2.45, 2.75) is 12.1 Å². The molecule has 0 saturated carbocycles. The fourth-order valence-electron chi connectivity index (χ4n) is 0.992. The summed E-state index contributed by atoms with van der Waals surface area (Å²) in [5, 5.41) is 0. The average Bonchev–Trinajstić information content (AvgIpc) is 2.01. The standard InChI is InChI=1S/C8H4ClF5/c9-3-5-6(8(12,13)14)1-4(10)2-7(5)11/h1-2H,3H2. The summed E-state index contributed by atoms with van der Waals surface area (Å²) >= 11 is 5.13. The third-order valence-electron chi connectivity index (χ3n) is 1.60. The van der Waals surface area contributed by atoms with Crippen molar-refractivity contribution in [3.63, 3.8) is 0 Å². The van der Waals surface area contributed by atoms with E-state index in [4.69, 9.17) is 11.6 Å². The van der Waals surface area contributed by atoms with E-state index in [2.05, 4.69) is 0 Å². The van der Waals surface area contributed by atoms with E-state index in [1.807, 2.05) is 0 Å². The lowest BCUT2D eigenvalue weighted by Gasteiger charge is -2.11. The van der Waals surface area contributed by atoms with Gasteiger partial charge in [-0.1, -0.05) is 0 Å². The van der Waals surface area contributed by atoms with Gasteiger partial charge in [-0.15, -0.1) is 11.6 Å². The Hall–Kier alpha value is -0.840. The average molecular weight is 231 g/mol. The van der Waals surface area contributed by atoms with Gasteiger partial charge in [-0.2, -0.15) is 13.2 Å². The number of rotatable bonds is 1. The van der Waals surface area contributed by atoms with Gasteiger partial charge in [-0.3, -0.25) is 0 Å². The van der Waals surface area contributed by atoms with Gasteiger partial charge in [-0.25, -0.2) is 8.78 Å². The molecule has 1 aromatic rings. The zero-order chi connectivity index (χ0) is 10.9.